The van der Waals surface area contributed by atoms with Crippen molar-refractivity contribution in [3.05, 3.63) is 0 Å². The molecule has 1 aliphatic rings. The van der Waals surface area contributed by atoms with Gasteiger partial charge in [0.2, 0.25) is 5.91 Å². The van der Waals surface area contributed by atoms with Crippen LogP contribution in [0.25, 0.3) is 0 Å². The average molecular weight is 244 g/mol. The molecule has 17 heavy (non-hydrogen) atoms. The molecule has 0 radical (unpaired) electrons. The Bertz CT molecular complexity index is 298. The molecule has 2 amide bonds. The number of aliphatic hydroxyl groups is 1. The van der Waals surface area contributed by atoms with Crippen LogP contribution in [0, 0.1) is 0 Å². The molecule has 0 spiro atoms. The molecule has 1 heterocycles. The summed E-state index contributed by atoms with van der Waals surface area (Å²) in [5.41, 5.74) is -0.578. The first-order chi connectivity index (χ1) is 7.85. The normalized spacial score (nSPS) is 16.6. The standard InChI is InChI=1S/C11H20N2O4/c1-11(2,3)17-10(16)13-7-5-9(15)12(13)6-4-8-14/h14H,4-8H2,1-3H3. The number of hydrogen-bond acceptors (Lipinski definition) is 4. The predicted octanol–water partition coefficient (Wildman–Crippen LogP) is 0.753. The van der Waals surface area contributed by atoms with Gasteiger partial charge in [0, 0.05) is 19.6 Å². The molecule has 1 saturated heterocycles. The molecule has 0 unspecified atom stereocenters. The van der Waals surface area contributed by atoms with Gasteiger partial charge in [0.05, 0.1) is 6.54 Å². The number of hydrogen-bond donors (Lipinski definition) is 1. The number of aliphatic hydroxyl groups excluding tert-OH is 1. The molecule has 1 rings (SSSR count). The summed E-state index contributed by atoms with van der Waals surface area (Å²) < 4.78 is 5.21. The van der Waals surface area contributed by atoms with Crippen molar-refractivity contribution in [2.45, 2.75) is 39.2 Å². The van der Waals surface area contributed by atoms with Crippen molar-refractivity contribution in [1.29, 1.82) is 0 Å². The highest BCUT2D eigenvalue weighted by Crippen LogP contribution is 2.17. The molecule has 6 nitrogen and oxygen atoms in total. The Labute approximate surface area is 101 Å². The van der Waals surface area contributed by atoms with Crippen LogP contribution in [0.4, 0.5) is 4.79 Å². The fourth-order valence-corrected chi connectivity index (χ4v) is 1.56. The topological polar surface area (TPSA) is 70.1 Å². The summed E-state index contributed by atoms with van der Waals surface area (Å²) in [4.78, 5) is 23.4. The van der Waals surface area contributed by atoms with E-state index in [1.807, 2.05) is 0 Å². The van der Waals surface area contributed by atoms with E-state index >= 15 is 0 Å². The van der Waals surface area contributed by atoms with Gasteiger partial charge in [-0.25, -0.2) is 14.8 Å². The summed E-state index contributed by atoms with van der Waals surface area (Å²) in [6.07, 6.45) is 0.247. The number of amides is 2. The first-order valence-corrected chi connectivity index (χ1v) is 5.77. The van der Waals surface area contributed by atoms with Gasteiger partial charge in [-0.2, -0.15) is 0 Å². The van der Waals surface area contributed by atoms with Crippen molar-refractivity contribution in [3.63, 3.8) is 0 Å². The van der Waals surface area contributed by atoms with Crippen LogP contribution in [-0.2, 0) is 9.53 Å². The summed E-state index contributed by atoms with van der Waals surface area (Å²) in [7, 11) is 0. The van der Waals surface area contributed by atoms with E-state index in [9.17, 15) is 9.59 Å². The Kier molecular flexibility index (Phi) is 4.34. The highest BCUT2D eigenvalue weighted by atomic mass is 16.6. The van der Waals surface area contributed by atoms with Crippen molar-refractivity contribution in [1.82, 2.24) is 10.0 Å². The third-order valence-electron chi connectivity index (χ3n) is 2.25. The van der Waals surface area contributed by atoms with Crippen molar-refractivity contribution in [2.75, 3.05) is 19.7 Å². The second-order valence-electron chi connectivity index (χ2n) is 4.95. The van der Waals surface area contributed by atoms with Crippen LogP contribution in [0.5, 0.6) is 0 Å². The molecule has 1 aliphatic heterocycles. The van der Waals surface area contributed by atoms with E-state index in [1.165, 1.54) is 10.0 Å². The van der Waals surface area contributed by atoms with E-state index < -0.39 is 11.7 Å². The fraction of sp³-hybridized carbons (Fsp3) is 0.818. The lowest BCUT2D eigenvalue weighted by atomic mass is 10.2. The molecular formula is C11H20N2O4. The van der Waals surface area contributed by atoms with E-state index in [1.54, 1.807) is 20.8 Å². The zero-order valence-electron chi connectivity index (χ0n) is 10.6. The molecule has 0 bridgehead atoms. The molecule has 0 aromatic carbocycles. The van der Waals surface area contributed by atoms with Crippen LogP contribution >= 0.6 is 0 Å². The third-order valence-corrected chi connectivity index (χ3v) is 2.25. The Morgan fingerprint density at radius 2 is 2.12 bits per heavy atom. The lowest BCUT2D eigenvalue weighted by Gasteiger charge is -2.30. The van der Waals surface area contributed by atoms with Crippen LogP contribution in [0.2, 0.25) is 0 Å². The maximum absolute atomic E-state index is 11.8. The largest absolute Gasteiger partial charge is 0.442 e. The Morgan fingerprint density at radius 3 is 2.65 bits per heavy atom. The zero-order chi connectivity index (χ0) is 13.1. The van der Waals surface area contributed by atoms with Crippen molar-refractivity contribution in [2.24, 2.45) is 0 Å². The number of carbonyl (C=O) groups excluding carboxylic acids is 2. The molecule has 0 aromatic rings. The lowest BCUT2D eigenvalue weighted by molar-refractivity contribution is -0.137. The number of hydrazine groups is 1. The summed E-state index contributed by atoms with van der Waals surface area (Å²) in [6, 6.07) is 0. The highest BCUT2D eigenvalue weighted by Gasteiger charge is 2.34. The molecule has 6 heteroatoms. The minimum atomic E-state index is -0.578. The van der Waals surface area contributed by atoms with E-state index in [0.29, 0.717) is 25.9 Å². The molecule has 0 aromatic heterocycles. The second-order valence-corrected chi connectivity index (χ2v) is 4.95. The highest BCUT2D eigenvalue weighted by molar-refractivity contribution is 5.82. The Hall–Kier alpha value is -1.30. The monoisotopic (exact) mass is 244 g/mol. The van der Waals surface area contributed by atoms with Crippen LogP contribution in [0.1, 0.15) is 33.6 Å². The van der Waals surface area contributed by atoms with Gasteiger partial charge in [0.15, 0.2) is 0 Å². The van der Waals surface area contributed by atoms with Crippen LogP contribution < -0.4 is 0 Å². The van der Waals surface area contributed by atoms with Gasteiger partial charge in [-0.3, -0.25) is 4.79 Å². The SMILES string of the molecule is CC(C)(C)OC(=O)N1CCC(=O)N1CCCO. The maximum atomic E-state index is 11.8. The number of carbonyl (C=O) groups is 2. The minimum Gasteiger partial charge on any atom is -0.442 e. The molecule has 1 N–H and O–H groups in total. The van der Waals surface area contributed by atoms with E-state index in [2.05, 4.69) is 0 Å². The predicted molar refractivity (Wildman–Crippen MR) is 61.0 cm³/mol. The number of nitrogens with zero attached hydrogens (tertiary/aromatic N) is 2. The van der Waals surface area contributed by atoms with Crippen LogP contribution in [0.15, 0.2) is 0 Å². The minimum absolute atomic E-state index is 0.00800. The fourth-order valence-electron chi connectivity index (χ4n) is 1.56. The number of rotatable bonds is 3. The number of ether oxygens (including phenoxy) is 1. The summed E-state index contributed by atoms with van der Waals surface area (Å²) in [5, 5.41) is 11.4. The average Bonchev–Trinajstić information content (AvgIpc) is 2.54. The van der Waals surface area contributed by atoms with Crippen molar-refractivity contribution < 1.29 is 19.4 Å². The second kappa shape index (κ2) is 5.35. The molecule has 0 atom stereocenters. The quantitative estimate of drug-likeness (QED) is 0.795. The molecule has 0 aliphatic carbocycles. The smallest absolute Gasteiger partial charge is 0.429 e. The van der Waals surface area contributed by atoms with E-state index in [4.69, 9.17) is 9.84 Å². The maximum Gasteiger partial charge on any atom is 0.429 e. The van der Waals surface area contributed by atoms with Crippen molar-refractivity contribution in [3.8, 4) is 0 Å². The van der Waals surface area contributed by atoms with Gasteiger partial charge in [0.1, 0.15) is 5.60 Å². The molecule has 98 valence electrons. The van der Waals surface area contributed by atoms with Gasteiger partial charge in [-0.1, -0.05) is 0 Å². The Balaban J connectivity index is 2.62. The molecule has 0 saturated carbocycles. The van der Waals surface area contributed by atoms with E-state index in [0.717, 1.165) is 0 Å². The zero-order valence-corrected chi connectivity index (χ0v) is 10.6. The summed E-state index contributed by atoms with van der Waals surface area (Å²) in [5.74, 6) is -0.107. The molecular weight excluding hydrogens is 224 g/mol. The van der Waals surface area contributed by atoms with E-state index in [-0.39, 0.29) is 12.5 Å². The van der Waals surface area contributed by atoms with Gasteiger partial charge in [-0.15, -0.1) is 0 Å². The Morgan fingerprint density at radius 1 is 1.47 bits per heavy atom. The molecule has 1 fully saturated rings. The van der Waals surface area contributed by atoms with Gasteiger partial charge < -0.3 is 9.84 Å². The lowest BCUT2D eigenvalue weighted by Crippen LogP contribution is -2.46. The summed E-state index contributed by atoms with van der Waals surface area (Å²) >= 11 is 0. The first-order valence-electron chi connectivity index (χ1n) is 5.77. The van der Waals surface area contributed by atoms with Gasteiger partial charge in [-0.05, 0) is 27.2 Å². The van der Waals surface area contributed by atoms with Gasteiger partial charge in [0.25, 0.3) is 0 Å². The van der Waals surface area contributed by atoms with Crippen LogP contribution in [-0.4, -0.2) is 52.4 Å². The van der Waals surface area contributed by atoms with Crippen LogP contribution in [0.3, 0.4) is 0 Å². The third kappa shape index (κ3) is 3.89. The van der Waals surface area contributed by atoms with Gasteiger partial charge >= 0.3 is 6.09 Å². The van der Waals surface area contributed by atoms with Crippen molar-refractivity contribution >= 4 is 12.0 Å². The first kappa shape index (κ1) is 13.8. The summed E-state index contributed by atoms with van der Waals surface area (Å²) in [6.45, 7) is 6.02.